The predicted molar refractivity (Wildman–Crippen MR) is 92.0 cm³/mol. The van der Waals surface area contributed by atoms with Crippen molar-refractivity contribution in [2.24, 2.45) is 0 Å². The van der Waals surface area contributed by atoms with Gasteiger partial charge in [-0.1, -0.05) is 41.4 Å². The summed E-state index contributed by atoms with van der Waals surface area (Å²) in [6.45, 7) is 10.9. The van der Waals surface area contributed by atoms with Gasteiger partial charge in [-0.15, -0.1) is 0 Å². The highest BCUT2D eigenvalue weighted by molar-refractivity contribution is 6.32. The van der Waals surface area contributed by atoms with Crippen LogP contribution in [0.25, 0.3) is 4.85 Å². The molecule has 0 aliphatic heterocycles. The van der Waals surface area contributed by atoms with Gasteiger partial charge in [-0.05, 0) is 19.1 Å². The van der Waals surface area contributed by atoms with Crippen LogP contribution in [0, 0.1) is 19.3 Å². The first-order valence-electron chi connectivity index (χ1n) is 7.39. The van der Waals surface area contributed by atoms with Crippen LogP contribution in [0.15, 0.2) is 42.5 Å². The molecule has 124 valence electrons. The molecule has 0 amide bonds. The number of carbonyl (C=O) groups excluding carboxylic acids is 1. The van der Waals surface area contributed by atoms with Gasteiger partial charge in [0, 0.05) is 18.6 Å². The van der Waals surface area contributed by atoms with E-state index in [0.717, 1.165) is 11.6 Å². The van der Waals surface area contributed by atoms with E-state index in [1.165, 1.54) is 12.1 Å². The van der Waals surface area contributed by atoms with Crippen molar-refractivity contribution < 1.29 is 13.9 Å². The Hall–Kier alpha value is -2.38. The lowest BCUT2D eigenvalue weighted by Gasteiger charge is -2.18. The lowest BCUT2D eigenvalue weighted by molar-refractivity contribution is 0.0947. The van der Waals surface area contributed by atoms with E-state index in [1.54, 1.807) is 19.1 Å². The summed E-state index contributed by atoms with van der Waals surface area (Å²) in [6, 6.07) is 11.0. The van der Waals surface area contributed by atoms with Gasteiger partial charge in [-0.2, -0.15) is 0 Å². The third-order valence-corrected chi connectivity index (χ3v) is 3.93. The van der Waals surface area contributed by atoms with Crippen LogP contribution in [-0.2, 0) is 0 Å². The standard InChI is InChI=1S/C19H17ClFNO2/c1-13-4-6-14(7-5-13)17(23)11-19(2,22-3)12-24-18-10-15(21)8-9-16(18)20/h4-10H,11-12H2,1-2H3. The molecule has 0 radical (unpaired) electrons. The zero-order valence-electron chi connectivity index (χ0n) is 13.5. The highest BCUT2D eigenvalue weighted by Crippen LogP contribution is 2.27. The second kappa shape index (κ2) is 7.46. The average molecular weight is 346 g/mol. The number of ketones is 1. The molecule has 1 atom stereocenters. The van der Waals surface area contributed by atoms with Crippen LogP contribution in [0.5, 0.6) is 5.75 Å². The van der Waals surface area contributed by atoms with Crippen molar-refractivity contribution in [3.8, 4) is 5.75 Å². The maximum Gasteiger partial charge on any atom is 0.270 e. The number of Topliss-reactive ketones (excluding diaryl/α,β-unsaturated/α-hetero) is 1. The predicted octanol–water partition coefficient (Wildman–Crippen LogP) is 5.12. The van der Waals surface area contributed by atoms with Crippen molar-refractivity contribution in [3.05, 3.63) is 75.8 Å². The summed E-state index contributed by atoms with van der Waals surface area (Å²) in [5.74, 6) is -0.452. The Morgan fingerprint density at radius 1 is 1.29 bits per heavy atom. The van der Waals surface area contributed by atoms with E-state index in [4.69, 9.17) is 22.9 Å². The number of aryl methyl sites for hydroxylation is 1. The van der Waals surface area contributed by atoms with E-state index >= 15 is 0 Å². The minimum Gasteiger partial charge on any atom is -0.483 e. The zero-order chi connectivity index (χ0) is 17.7. The van der Waals surface area contributed by atoms with Crippen molar-refractivity contribution in [1.29, 1.82) is 0 Å². The van der Waals surface area contributed by atoms with Gasteiger partial charge in [-0.25, -0.2) is 11.0 Å². The summed E-state index contributed by atoms with van der Waals surface area (Å²) in [5, 5.41) is 0.258. The van der Waals surface area contributed by atoms with Gasteiger partial charge >= 0.3 is 0 Å². The number of ether oxygens (including phenoxy) is 1. The van der Waals surface area contributed by atoms with Gasteiger partial charge in [0.1, 0.15) is 11.6 Å². The summed E-state index contributed by atoms with van der Waals surface area (Å²) < 4.78 is 18.8. The Morgan fingerprint density at radius 3 is 2.58 bits per heavy atom. The van der Waals surface area contributed by atoms with Crippen LogP contribution in [0.3, 0.4) is 0 Å². The Kier molecular flexibility index (Phi) is 5.58. The van der Waals surface area contributed by atoms with Crippen LogP contribution >= 0.6 is 11.6 Å². The van der Waals surface area contributed by atoms with E-state index in [1.807, 2.05) is 19.1 Å². The normalized spacial score (nSPS) is 13.0. The minimum atomic E-state index is -1.06. The molecule has 0 aliphatic carbocycles. The smallest absolute Gasteiger partial charge is 0.270 e. The fourth-order valence-corrected chi connectivity index (χ4v) is 2.30. The fraction of sp³-hybridized carbons (Fsp3) is 0.263. The summed E-state index contributed by atoms with van der Waals surface area (Å²) in [7, 11) is 0. The Labute approximate surface area is 145 Å². The van der Waals surface area contributed by atoms with Crippen molar-refractivity contribution in [1.82, 2.24) is 0 Å². The van der Waals surface area contributed by atoms with E-state index < -0.39 is 11.4 Å². The molecule has 0 heterocycles. The third-order valence-electron chi connectivity index (χ3n) is 3.62. The van der Waals surface area contributed by atoms with E-state index in [9.17, 15) is 9.18 Å². The maximum absolute atomic E-state index is 13.3. The minimum absolute atomic E-state index is 0.00644. The van der Waals surface area contributed by atoms with Crippen molar-refractivity contribution >= 4 is 17.4 Å². The molecular formula is C19H17ClFNO2. The molecule has 0 fully saturated rings. The number of nitrogens with zero attached hydrogens (tertiary/aromatic N) is 1. The lowest BCUT2D eigenvalue weighted by atomic mass is 9.93. The maximum atomic E-state index is 13.3. The number of hydrogen-bond donors (Lipinski definition) is 0. The molecule has 0 saturated heterocycles. The molecule has 3 nitrogen and oxygen atoms in total. The van der Waals surface area contributed by atoms with Crippen LogP contribution in [0.1, 0.15) is 29.3 Å². The van der Waals surface area contributed by atoms with Crippen LogP contribution in [-0.4, -0.2) is 17.9 Å². The first-order valence-corrected chi connectivity index (χ1v) is 7.77. The van der Waals surface area contributed by atoms with Gasteiger partial charge in [0.2, 0.25) is 0 Å². The average Bonchev–Trinajstić information content (AvgIpc) is 2.56. The molecule has 2 aromatic rings. The third kappa shape index (κ3) is 4.56. The number of halogens is 2. The van der Waals surface area contributed by atoms with Gasteiger partial charge in [-0.3, -0.25) is 4.79 Å². The quantitative estimate of drug-likeness (QED) is 0.537. The van der Waals surface area contributed by atoms with E-state index in [-0.39, 0.29) is 29.6 Å². The first-order chi connectivity index (χ1) is 11.3. The molecule has 5 heteroatoms. The highest BCUT2D eigenvalue weighted by Gasteiger charge is 2.35. The van der Waals surface area contributed by atoms with Crippen molar-refractivity contribution in [3.63, 3.8) is 0 Å². The molecule has 0 saturated carbocycles. The molecule has 24 heavy (non-hydrogen) atoms. The van der Waals surface area contributed by atoms with E-state index in [2.05, 4.69) is 4.85 Å². The molecule has 0 aromatic heterocycles. The lowest BCUT2D eigenvalue weighted by Crippen LogP contribution is -2.32. The molecule has 2 rings (SSSR count). The van der Waals surface area contributed by atoms with Gasteiger partial charge in [0.05, 0.1) is 11.4 Å². The van der Waals surface area contributed by atoms with E-state index in [0.29, 0.717) is 5.56 Å². The molecule has 1 unspecified atom stereocenters. The molecule has 0 bridgehead atoms. The first kappa shape index (κ1) is 18.0. The van der Waals surface area contributed by atoms with Gasteiger partial charge < -0.3 is 9.58 Å². The number of carbonyl (C=O) groups is 1. The largest absolute Gasteiger partial charge is 0.483 e. The highest BCUT2D eigenvalue weighted by atomic mass is 35.5. The second-order valence-corrected chi connectivity index (χ2v) is 6.35. The van der Waals surface area contributed by atoms with Gasteiger partial charge in [0.25, 0.3) is 5.54 Å². The van der Waals surface area contributed by atoms with Crippen LogP contribution in [0.4, 0.5) is 4.39 Å². The molecule has 0 N–H and O–H groups in total. The number of hydrogen-bond acceptors (Lipinski definition) is 2. The Balaban J connectivity index is 2.08. The summed E-state index contributed by atoms with van der Waals surface area (Å²) in [4.78, 5) is 15.9. The fourth-order valence-electron chi connectivity index (χ4n) is 2.13. The van der Waals surface area contributed by atoms with Crippen LogP contribution in [0.2, 0.25) is 5.02 Å². The summed E-state index contributed by atoms with van der Waals surface area (Å²) >= 11 is 5.95. The molecule has 0 aliphatic rings. The Bertz CT molecular complexity index is 783. The Morgan fingerprint density at radius 2 is 1.96 bits per heavy atom. The van der Waals surface area contributed by atoms with Crippen molar-refractivity contribution in [2.75, 3.05) is 6.61 Å². The molecular weight excluding hydrogens is 329 g/mol. The van der Waals surface area contributed by atoms with Crippen LogP contribution < -0.4 is 4.74 Å². The van der Waals surface area contributed by atoms with Crippen molar-refractivity contribution in [2.45, 2.75) is 25.8 Å². The second-order valence-electron chi connectivity index (χ2n) is 5.94. The molecule has 2 aromatic carbocycles. The summed E-state index contributed by atoms with van der Waals surface area (Å²) in [5.41, 5.74) is 0.556. The molecule has 0 spiro atoms. The summed E-state index contributed by atoms with van der Waals surface area (Å²) in [6.07, 6.45) is 0.00644. The number of benzene rings is 2. The monoisotopic (exact) mass is 345 g/mol. The topological polar surface area (TPSA) is 30.7 Å². The zero-order valence-corrected chi connectivity index (χ0v) is 14.2. The number of rotatable bonds is 6. The van der Waals surface area contributed by atoms with Gasteiger partial charge in [0.15, 0.2) is 12.4 Å². The SMILES string of the molecule is [C-]#[N+]C(C)(COc1cc(F)ccc1Cl)CC(=O)c1ccc(C)cc1.